The van der Waals surface area contributed by atoms with E-state index in [1.165, 1.54) is 0 Å². The Labute approximate surface area is 209 Å². The first-order valence-corrected chi connectivity index (χ1v) is 11.7. The van der Waals surface area contributed by atoms with Crippen LogP contribution >= 0.6 is 0 Å². The van der Waals surface area contributed by atoms with Crippen LogP contribution < -0.4 is 15.6 Å². The Morgan fingerprint density at radius 2 is 1.64 bits per heavy atom. The monoisotopic (exact) mass is 487 g/mol. The van der Waals surface area contributed by atoms with Crippen molar-refractivity contribution >= 4 is 11.8 Å². The molecule has 2 amide bonds. The molecule has 0 aliphatic carbocycles. The second kappa shape index (κ2) is 11.4. The van der Waals surface area contributed by atoms with Crippen LogP contribution in [-0.4, -0.2) is 46.7 Å². The first-order chi connectivity index (χ1) is 17.5. The van der Waals surface area contributed by atoms with Gasteiger partial charge in [0.1, 0.15) is 17.2 Å². The number of amides is 2. The number of nitrogens with zero attached hydrogens (tertiary/aromatic N) is 3. The molecule has 0 radical (unpaired) electrons. The number of benzene rings is 2. The first kappa shape index (κ1) is 24.7. The summed E-state index contributed by atoms with van der Waals surface area (Å²) in [5.74, 6) is 0.287. The molecule has 0 fully saturated rings. The zero-order chi connectivity index (χ0) is 25.5. The van der Waals surface area contributed by atoms with Gasteiger partial charge in [0.15, 0.2) is 5.76 Å². The molecule has 9 heteroatoms. The SMILES string of the molecule is CCN(CC)Cc1ccc(C(=O)NNC(=O)c2cn(-c3ccccc3)nc2-c2ccccc2OC)o1. The van der Waals surface area contributed by atoms with E-state index in [4.69, 9.17) is 9.15 Å². The fourth-order valence-electron chi connectivity index (χ4n) is 3.79. The molecule has 4 rings (SSSR count). The Bertz CT molecular complexity index is 1320. The smallest absolute Gasteiger partial charge is 0.305 e. The zero-order valence-corrected chi connectivity index (χ0v) is 20.5. The maximum Gasteiger partial charge on any atom is 0.305 e. The lowest BCUT2D eigenvalue weighted by atomic mass is 10.1. The molecule has 0 bridgehead atoms. The number of aromatic nitrogens is 2. The molecule has 0 atom stereocenters. The molecule has 0 unspecified atom stereocenters. The normalized spacial score (nSPS) is 10.9. The quantitative estimate of drug-likeness (QED) is 0.345. The van der Waals surface area contributed by atoms with Crippen molar-refractivity contribution in [3.8, 4) is 22.7 Å². The number of methoxy groups -OCH3 is 1. The Balaban J connectivity index is 1.55. The van der Waals surface area contributed by atoms with E-state index in [1.54, 1.807) is 36.2 Å². The van der Waals surface area contributed by atoms with Gasteiger partial charge in [-0.25, -0.2) is 4.68 Å². The highest BCUT2D eigenvalue weighted by molar-refractivity contribution is 6.02. The molecule has 2 aromatic heterocycles. The molecule has 0 aliphatic heterocycles. The van der Waals surface area contributed by atoms with Crippen molar-refractivity contribution in [2.24, 2.45) is 0 Å². The molecule has 2 heterocycles. The molecule has 2 aromatic carbocycles. The number of ether oxygens (including phenoxy) is 1. The zero-order valence-electron chi connectivity index (χ0n) is 20.5. The molecule has 2 N–H and O–H groups in total. The fraction of sp³-hybridized carbons (Fsp3) is 0.222. The van der Waals surface area contributed by atoms with Crippen molar-refractivity contribution in [3.05, 3.63) is 90.0 Å². The van der Waals surface area contributed by atoms with Gasteiger partial charge in [0, 0.05) is 11.8 Å². The van der Waals surface area contributed by atoms with Crippen molar-refractivity contribution in [2.75, 3.05) is 20.2 Å². The molecule has 186 valence electrons. The van der Waals surface area contributed by atoms with E-state index in [0.29, 0.717) is 29.3 Å². The first-order valence-electron chi connectivity index (χ1n) is 11.7. The van der Waals surface area contributed by atoms with Gasteiger partial charge in [-0.1, -0.05) is 44.2 Å². The van der Waals surface area contributed by atoms with Gasteiger partial charge in [-0.2, -0.15) is 5.10 Å². The summed E-state index contributed by atoms with van der Waals surface area (Å²) in [4.78, 5) is 28.0. The van der Waals surface area contributed by atoms with E-state index in [0.717, 1.165) is 18.8 Å². The van der Waals surface area contributed by atoms with E-state index in [2.05, 4.69) is 34.7 Å². The van der Waals surface area contributed by atoms with Crippen LogP contribution in [0.4, 0.5) is 0 Å². The van der Waals surface area contributed by atoms with Crippen LogP contribution in [0.5, 0.6) is 5.75 Å². The van der Waals surface area contributed by atoms with Crippen LogP contribution in [0, 0.1) is 0 Å². The third-order valence-corrected chi connectivity index (χ3v) is 5.79. The number of nitrogens with one attached hydrogen (secondary N) is 2. The summed E-state index contributed by atoms with van der Waals surface area (Å²) in [6.45, 7) is 6.48. The lowest BCUT2D eigenvalue weighted by molar-refractivity contribution is 0.0829. The molecule has 0 aliphatic rings. The minimum atomic E-state index is -0.552. The van der Waals surface area contributed by atoms with Crippen molar-refractivity contribution in [1.82, 2.24) is 25.5 Å². The minimum absolute atomic E-state index is 0.113. The van der Waals surface area contributed by atoms with E-state index in [1.807, 2.05) is 48.5 Å². The highest BCUT2D eigenvalue weighted by Crippen LogP contribution is 2.31. The molecule has 4 aromatic rings. The third-order valence-electron chi connectivity index (χ3n) is 5.79. The minimum Gasteiger partial charge on any atom is -0.496 e. The molecule has 0 saturated carbocycles. The standard InChI is InChI=1S/C27H29N5O4/c1-4-31(5-2)17-20-15-16-24(36-20)27(34)29-28-26(33)22-18-32(19-11-7-6-8-12-19)30-25(22)21-13-9-10-14-23(21)35-3/h6-16,18H,4-5,17H2,1-3H3,(H,28,33)(H,29,34). The van der Waals surface area contributed by atoms with Gasteiger partial charge in [-0.05, 0) is 49.5 Å². The summed E-state index contributed by atoms with van der Waals surface area (Å²) in [5.41, 5.74) is 7.04. The van der Waals surface area contributed by atoms with E-state index in [9.17, 15) is 9.59 Å². The van der Waals surface area contributed by atoms with Crippen molar-refractivity contribution < 1.29 is 18.7 Å². The summed E-state index contributed by atoms with van der Waals surface area (Å²) in [6, 6.07) is 20.1. The van der Waals surface area contributed by atoms with Gasteiger partial charge in [-0.3, -0.25) is 25.3 Å². The summed E-state index contributed by atoms with van der Waals surface area (Å²) >= 11 is 0. The van der Waals surface area contributed by atoms with Crippen molar-refractivity contribution in [1.29, 1.82) is 0 Å². The van der Waals surface area contributed by atoms with Gasteiger partial charge in [0.2, 0.25) is 0 Å². The molecule has 9 nitrogen and oxygen atoms in total. The van der Waals surface area contributed by atoms with Crippen molar-refractivity contribution in [3.63, 3.8) is 0 Å². The number of carbonyl (C=O) groups is 2. The molecular formula is C27H29N5O4. The van der Waals surface area contributed by atoms with Gasteiger partial charge in [0.25, 0.3) is 5.91 Å². The Morgan fingerprint density at radius 1 is 0.944 bits per heavy atom. The summed E-state index contributed by atoms with van der Waals surface area (Å²) in [6.07, 6.45) is 1.62. The van der Waals surface area contributed by atoms with Gasteiger partial charge in [0.05, 0.1) is 24.9 Å². The van der Waals surface area contributed by atoms with Gasteiger partial charge < -0.3 is 9.15 Å². The number of hydrogen-bond acceptors (Lipinski definition) is 6. The molecular weight excluding hydrogens is 458 g/mol. The average Bonchev–Trinajstić information content (AvgIpc) is 3.58. The van der Waals surface area contributed by atoms with Crippen LogP contribution in [0.1, 0.15) is 40.5 Å². The van der Waals surface area contributed by atoms with Crippen LogP contribution in [0.25, 0.3) is 16.9 Å². The summed E-state index contributed by atoms with van der Waals surface area (Å²) < 4.78 is 12.8. The maximum atomic E-state index is 13.2. The number of carbonyl (C=O) groups excluding carboxylic acids is 2. The molecule has 36 heavy (non-hydrogen) atoms. The highest BCUT2D eigenvalue weighted by atomic mass is 16.5. The maximum absolute atomic E-state index is 13.2. The summed E-state index contributed by atoms with van der Waals surface area (Å²) in [7, 11) is 1.56. The average molecular weight is 488 g/mol. The van der Waals surface area contributed by atoms with Crippen molar-refractivity contribution in [2.45, 2.75) is 20.4 Å². The molecule has 0 saturated heterocycles. The Hall–Kier alpha value is -4.37. The Morgan fingerprint density at radius 3 is 2.36 bits per heavy atom. The lowest BCUT2D eigenvalue weighted by Crippen LogP contribution is -2.41. The van der Waals surface area contributed by atoms with Crippen LogP contribution in [-0.2, 0) is 6.54 Å². The summed E-state index contributed by atoms with van der Waals surface area (Å²) in [5, 5.41) is 4.65. The lowest BCUT2D eigenvalue weighted by Gasteiger charge is -2.15. The van der Waals surface area contributed by atoms with E-state index < -0.39 is 11.8 Å². The van der Waals surface area contributed by atoms with Gasteiger partial charge in [-0.15, -0.1) is 0 Å². The van der Waals surface area contributed by atoms with Crippen LogP contribution in [0.3, 0.4) is 0 Å². The third kappa shape index (κ3) is 5.47. The van der Waals surface area contributed by atoms with Crippen LogP contribution in [0.2, 0.25) is 0 Å². The second-order valence-corrected chi connectivity index (χ2v) is 8.01. The number of furan rings is 1. The van der Waals surface area contributed by atoms with Gasteiger partial charge >= 0.3 is 5.91 Å². The van der Waals surface area contributed by atoms with Crippen LogP contribution in [0.15, 0.2) is 77.3 Å². The predicted molar refractivity (Wildman–Crippen MR) is 136 cm³/mol. The number of para-hydroxylation sites is 2. The fourth-order valence-corrected chi connectivity index (χ4v) is 3.79. The van der Waals surface area contributed by atoms with E-state index in [-0.39, 0.29) is 11.3 Å². The number of rotatable bonds is 9. The largest absolute Gasteiger partial charge is 0.496 e. The molecule has 0 spiro atoms. The highest BCUT2D eigenvalue weighted by Gasteiger charge is 2.22. The predicted octanol–water partition coefficient (Wildman–Crippen LogP) is 4.06. The second-order valence-electron chi connectivity index (χ2n) is 8.01. The Kier molecular flexibility index (Phi) is 7.82. The topological polar surface area (TPSA) is 102 Å². The van der Waals surface area contributed by atoms with E-state index >= 15 is 0 Å². The number of hydrazine groups is 1. The number of hydrogen-bond donors (Lipinski definition) is 2.